The summed E-state index contributed by atoms with van der Waals surface area (Å²) in [6.07, 6.45) is -5.02. The zero-order valence-electron chi connectivity index (χ0n) is 9.17. The number of carbonyl (C=O) groups excluding carboxylic acids is 1. The number of urea groups is 1. The average molecular weight is 254 g/mol. The van der Waals surface area contributed by atoms with Crippen molar-refractivity contribution in [3.63, 3.8) is 0 Å². The van der Waals surface area contributed by atoms with Crippen molar-refractivity contribution in [3.05, 3.63) is 0 Å². The molecule has 1 aliphatic rings. The monoisotopic (exact) mass is 254 g/mol. The number of alkyl halides is 3. The number of carboxylic acids is 1. The summed E-state index contributed by atoms with van der Waals surface area (Å²) in [4.78, 5) is 22.6. The number of amides is 2. The largest absolute Gasteiger partial charge is 0.481 e. The maximum atomic E-state index is 12.5. The fraction of sp³-hybridized carbons (Fsp3) is 0.778. The molecule has 0 radical (unpaired) electrons. The van der Waals surface area contributed by atoms with Crippen molar-refractivity contribution in [2.24, 2.45) is 0 Å². The van der Waals surface area contributed by atoms with Crippen molar-refractivity contribution in [2.45, 2.75) is 31.0 Å². The van der Waals surface area contributed by atoms with Crippen molar-refractivity contribution >= 4 is 12.0 Å². The summed E-state index contributed by atoms with van der Waals surface area (Å²) in [5.41, 5.74) is -2.11. The third-order valence-electron chi connectivity index (χ3n) is 2.65. The van der Waals surface area contributed by atoms with Crippen molar-refractivity contribution in [3.8, 4) is 0 Å². The van der Waals surface area contributed by atoms with Crippen LogP contribution in [0.1, 0.15) is 19.3 Å². The predicted octanol–water partition coefficient (Wildman–Crippen LogP) is 1.20. The second kappa shape index (κ2) is 4.42. The van der Waals surface area contributed by atoms with Crippen LogP contribution in [-0.4, -0.2) is 47.3 Å². The minimum Gasteiger partial charge on any atom is -0.481 e. The van der Waals surface area contributed by atoms with Crippen LogP contribution in [0.3, 0.4) is 0 Å². The van der Waals surface area contributed by atoms with Gasteiger partial charge in [-0.05, 0) is 12.8 Å². The molecule has 0 bridgehead atoms. The Morgan fingerprint density at radius 2 is 1.94 bits per heavy atom. The molecule has 1 fully saturated rings. The molecule has 2 N–H and O–H groups in total. The lowest BCUT2D eigenvalue weighted by Gasteiger charge is -2.24. The molecule has 8 heteroatoms. The molecule has 1 rings (SSSR count). The number of hydrogen-bond donors (Lipinski definition) is 2. The van der Waals surface area contributed by atoms with E-state index in [0.29, 0.717) is 0 Å². The van der Waals surface area contributed by atoms with E-state index in [9.17, 15) is 22.8 Å². The Morgan fingerprint density at radius 3 is 2.29 bits per heavy atom. The van der Waals surface area contributed by atoms with Crippen molar-refractivity contribution in [1.82, 2.24) is 10.2 Å². The molecule has 0 atom stereocenters. The molecule has 0 saturated heterocycles. The van der Waals surface area contributed by atoms with Gasteiger partial charge in [0, 0.05) is 13.6 Å². The molecular formula is C9H13F3N2O3. The van der Waals surface area contributed by atoms with Gasteiger partial charge in [-0.2, -0.15) is 13.2 Å². The first-order valence-electron chi connectivity index (χ1n) is 5.00. The maximum absolute atomic E-state index is 12.5. The quantitative estimate of drug-likeness (QED) is 0.792. The zero-order chi connectivity index (χ0) is 13.3. The lowest BCUT2D eigenvalue weighted by atomic mass is 10.2. The Balaban J connectivity index is 2.47. The fourth-order valence-electron chi connectivity index (χ4n) is 1.27. The van der Waals surface area contributed by atoms with Crippen molar-refractivity contribution in [1.29, 1.82) is 0 Å². The molecule has 0 spiro atoms. The van der Waals surface area contributed by atoms with Gasteiger partial charge < -0.3 is 15.3 Å². The van der Waals surface area contributed by atoms with Crippen molar-refractivity contribution in [2.75, 3.05) is 13.6 Å². The van der Waals surface area contributed by atoms with E-state index >= 15 is 0 Å². The smallest absolute Gasteiger partial charge is 0.411 e. The van der Waals surface area contributed by atoms with Gasteiger partial charge >= 0.3 is 18.2 Å². The van der Waals surface area contributed by atoms with Gasteiger partial charge in [0.2, 0.25) is 0 Å². The number of halogens is 3. The van der Waals surface area contributed by atoms with Gasteiger partial charge in [0.25, 0.3) is 0 Å². The third-order valence-corrected chi connectivity index (χ3v) is 2.65. The van der Waals surface area contributed by atoms with Gasteiger partial charge in [-0.15, -0.1) is 0 Å². The van der Waals surface area contributed by atoms with Gasteiger partial charge in [0.1, 0.15) is 5.54 Å². The molecule has 1 saturated carbocycles. The van der Waals surface area contributed by atoms with Gasteiger partial charge in [-0.1, -0.05) is 0 Å². The second-order valence-electron chi connectivity index (χ2n) is 4.08. The van der Waals surface area contributed by atoms with E-state index in [1.807, 2.05) is 5.32 Å². The maximum Gasteiger partial charge on any atom is 0.411 e. The lowest BCUT2D eigenvalue weighted by Crippen LogP contribution is -2.52. The molecule has 0 unspecified atom stereocenters. The van der Waals surface area contributed by atoms with E-state index in [1.165, 1.54) is 7.05 Å². The van der Waals surface area contributed by atoms with E-state index < -0.39 is 23.7 Å². The molecule has 2 amide bonds. The SMILES string of the molecule is CN(CCC(=O)O)C(=O)NC1(C(F)(F)F)CC1. The van der Waals surface area contributed by atoms with Crippen LogP contribution < -0.4 is 5.32 Å². The Morgan fingerprint density at radius 1 is 1.41 bits per heavy atom. The normalized spacial score (nSPS) is 17.4. The molecule has 0 heterocycles. The van der Waals surface area contributed by atoms with Crippen LogP contribution in [0.25, 0.3) is 0 Å². The molecule has 0 aromatic heterocycles. The van der Waals surface area contributed by atoms with E-state index in [2.05, 4.69) is 0 Å². The Kier molecular flexibility index (Phi) is 3.53. The first kappa shape index (κ1) is 13.6. The summed E-state index contributed by atoms with van der Waals surface area (Å²) in [6.45, 7) is -0.130. The van der Waals surface area contributed by atoms with E-state index in [4.69, 9.17) is 5.11 Å². The van der Waals surface area contributed by atoms with Gasteiger partial charge in [0.15, 0.2) is 0 Å². The summed E-state index contributed by atoms with van der Waals surface area (Å²) < 4.78 is 37.5. The van der Waals surface area contributed by atoms with Crippen LogP contribution in [0.4, 0.5) is 18.0 Å². The van der Waals surface area contributed by atoms with Crippen LogP contribution in [-0.2, 0) is 4.79 Å². The summed E-state index contributed by atoms with van der Waals surface area (Å²) in [5.74, 6) is -1.11. The van der Waals surface area contributed by atoms with E-state index in [1.54, 1.807) is 0 Å². The van der Waals surface area contributed by atoms with Gasteiger partial charge in [0.05, 0.1) is 6.42 Å². The third kappa shape index (κ3) is 3.24. The van der Waals surface area contributed by atoms with Crippen LogP contribution in [0, 0.1) is 0 Å². The van der Waals surface area contributed by atoms with Crippen LogP contribution in [0.2, 0.25) is 0 Å². The standard InChI is InChI=1S/C9H13F3N2O3/c1-14(5-2-6(15)16)7(17)13-8(3-4-8)9(10,11)12/h2-5H2,1H3,(H,13,17)(H,15,16). The summed E-state index contributed by atoms with van der Waals surface area (Å²) in [6, 6.07) is -0.902. The second-order valence-corrected chi connectivity index (χ2v) is 4.08. The molecule has 98 valence electrons. The van der Waals surface area contributed by atoms with Crippen LogP contribution in [0.15, 0.2) is 0 Å². The summed E-state index contributed by atoms with van der Waals surface area (Å²) in [5, 5.41) is 10.3. The molecule has 1 aliphatic carbocycles. The lowest BCUT2D eigenvalue weighted by molar-refractivity contribution is -0.163. The number of carboxylic acid groups (broad SMARTS) is 1. The molecule has 0 aromatic rings. The number of hydrogen-bond acceptors (Lipinski definition) is 2. The highest BCUT2D eigenvalue weighted by Gasteiger charge is 2.64. The Labute approximate surface area is 95.6 Å². The number of carbonyl (C=O) groups is 2. The predicted molar refractivity (Wildman–Crippen MR) is 51.4 cm³/mol. The Bertz CT molecular complexity index is 326. The first-order valence-corrected chi connectivity index (χ1v) is 5.00. The minimum absolute atomic E-state index is 0.130. The average Bonchev–Trinajstić information content (AvgIpc) is 2.93. The van der Waals surface area contributed by atoms with Gasteiger partial charge in [-0.3, -0.25) is 4.79 Å². The number of nitrogens with zero attached hydrogens (tertiary/aromatic N) is 1. The molecule has 0 aromatic carbocycles. The van der Waals surface area contributed by atoms with Crippen LogP contribution >= 0.6 is 0 Å². The summed E-state index contributed by atoms with van der Waals surface area (Å²) >= 11 is 0. The topological polar surface area (TPSA) is 69.6 Å². The highest BCUT2D eigenvalue weighted by atomic mass is 19.4. The molecular weight excluding hydrogens is 241 g/mol. The fourth-order valence-corrected chi connectivity index (χ4v) is 1.27. The minimum atomic E-state index is -4.46. The van der Waals surface area contributed by atoms with Crippen LogP contribution in [0.5, 0.6) is 0 Å². The van der Waals surface area contributed by atoms with Gasteiger partial charge in [-0.25, -0.2) is 4.79 Å². The number of aliphatic carboxylic acids is 1. The number of nitrogens with one attached hydrogen (secondary N) is 1. The summed E-state index contributed by atoms with van der Waals surface area (Å²) in [7, 11) is 1.25. The van der Waals surface area contributed by atoms with E-state index in [-0.39, 0.29) is 25.8 Å². The Hall–Kier alpha value is -1.47. The zero-order valence-corrected chi connectivity index (χ0v) is 9.17. The highest BCUT2D eigenvalue weighted by Crippen LogP contribution is 2.48. The van der Waals surface area contributed by atoms with Crippen molar-refractivity contribution < 1.29 is 27.9 Å². The molecule has 17 heavy (non-hydrogen) atoms. The van der Waals surface area contributed by atoms with E-state index in [0.717, 1.165) is 4.90 Å². The first-order chi connectivity index (χ1) is 7.68. The number of rotatable bonds is 4. The molecule has 0 aliphatic heterocycles. The molecule has 5 nitrogen and oxygen atoms in total. The highest BCUT2D eigenvalue weighted by molar-refractivity contribution is 5.76.